The zero-order valence-electron chi connectivity index (χ0n) is 22.7. The van der Waals surface area contributed by atoms with Crippen LogP contribution in [0.2, 0.25) is 0 Å². The summed E-state index contributed by atoms with van der Waals surface area (Å²) in [5.41, 5.74) is 11.3. The van der Waals surface area contributed by atoms with Crippen LogP contribution in [-0.4, -0.2) is 9.55 Å². The molecule has 41 heavy (non-hydrogen) atoms. The number of nitrogens with zero attached hydrogens (tertiary/aromatic N) is 2. The van der Waals surface area contributed by atoms with Gasteiger partial charge in [-0.3, -0.25) is 4.57 Å². The lowest BCUT2D eigenvalue weighted by Gasteiger charge is -2.20. The molecule has 8 aromatic rings. The lowest BCUT2D eigenvalue weighted by atomic mass is 9.87. The van der Waals surface area contributed by atoms with Gasteiger partial charge in [0.1, 0.15) is 5.82 Å². The number of rotatable bonds is 3. The lowest BCUT2D eigenvalue weighted by molar-refractivity contribution is 0.917. The van der Waals surface area contributed by atoms with Crippen LogP contribution in [0.4, 0.5) is 0 Å². The van der Waals surface area contributed by atoms with Gasteiger partial charge < -0.3 is 0 Å². The van der Waals surface area contributed by atoms with Gasteiger partial charge in [0.2, 0.25) is 0 Å². The molecule has 0 atom stereocenters. The molecule has 1 aliphatic carbocycles. The van der Waals surface area contributed by atoms with Crippen molar-refractivity contribution in [2.75, 3.05) is 0 Å². The highest BCUT2D eigenvalue weighted by Crippen LogP contribution is 2.51. The van der Waals surface area contributed by atoms with E-state index < -0.39 is 0 Å². The minimum atomic E-state index is 0.856. The van der Waals surface area contributed by atoms with Crippen molar-refractivity contribution in [3.05, 3.63) is 133 Å². The standard InChI is InChI=1S/C39H26N2/c1-2-36-40-34-20-9-10-21-35(34)41(36)39-32-16-7-5-14-28(32)38(29-15-6-8-17-33(29)39)31-23-22-30-25-13-4-3-12-24(25)26-18-11-19-27(31)37(26)30/h3-23H,2H2,1H3. The van der Waals surface area contributed by atoms with Gasteiger partial charge in [-0.2, -0.15) is 0 Å². The molecule has 1 aliphatic rings. The number of para-hydroxylation sites is 2. The van der Waals surface area contributed by atoms with Crippen LogP contribution in [0, 0.1) is 0 Å². The second kappa shape index (κ2) is 8.39. The molecule has 0 amide bonds. The Hall–Kier alpha value is -5.21. The fourth-order valence-electron chi connectivity index (χ4n) is 7.23. The summed E-state index contributed by atoms with van der Waals surface area (Å²) in [4.78, 5) is 5.05. The molecule has 0 radical (unpaired) electrons. The third-order valence-electron chi connectivity index (χ3n) is 8.89. The van der Waals surface area contributed by atoms with Crippen molar-refractivity contribution < 1.29 is 0 Å². The first kappa shape index (κ1) is 22.6. The van der Waals surface area contributed by atoms with Crippen LogP contribution < -0.4 is 0 Å². The summed E-state index contributed by atoms with van der Waals surface area (Å²) in [7, 11) is 0. The van der Waals surface area contributed by atoms with Gasteiger partial charge in [-0.05, 0) is 67.1 Å². The van der Waals surface area contributed by atoms with Crippen LogP contribution in [0.3, 0.4) is 0 Å². The molecular weight excluding hydrogens is 496 g/mol. The highest BCUT2D eigenvalue weighted by molar-refractivity contribution is 6.25. The maximum atomic E-state index is 5.05. The number of fused-ring (bicyclic) bond motifs is 6. The van der Waals surface area contributed by atoms with Crippen molar-refractivity contribution in [2.45, 2.75) is 13.3 Å². The zero-order valence-corrected chi connectivity index (χ0v) is 22.7. The van der Waals surface area contributed by atoms with Gasteiger partial charge in [-0.1, -0.05) is 122 Å². The molecule has 0 fully saturated rings. The molecule has 1 aromatic heterocycles. The fourth-order valence-corrected chi connectivity index (χ4v) is 7.23. The second-order valence-corrected chi connectivity index (χ2v) is 11.0. The highest BCUT2D eigenvalue weighted by Gasteiger charge is 2.25. The Labute approximate surface area is 238 Å². The van der Waals surface area contributed by atoms with E-state index in [9.17, 15) is 0 Å². The quantitative estimate of drug-likeness (QED) is 0.211. The van der Waals surface area contributed by atoms with Gasteiger partial charge in [0.25, 0.3) is 0 Å². The van der Waals surface area contributed by atoms with Gasteiger partial charge in [0, 0.05) is 17.2 Å². The molecule has 0 unspecified atom stereocenters. The van der Waals surface area contributed by atoms with Gasteiger partial charge in [-0.25, -0.2) is 4.98 Å². The molecule has 192 valence electrons. The molecule has 0 spiro atoms. The average molecular weight is 523 g/mol. The average Bonchev–Trinajstić information content (AvgIpc) is 3.57. The molecular formula is C39H26N2. The number of hydrogen-bond donors (Lipinski definition) is 0. The van der Waals surface area contributed by atoms with E-state index >= 15 is 0 Å². The summed E-state index contributed by atoms with van der Waals surface area (Å²) in [5.74, 6) is 1.08. The van der Waals surface area contributed by atoms with E-state index in [4.69, 9.17) is 4.98 Å². The fraction of sp³-hybridized carbons (Fsp3) is 0.0513. The maximum absolute atomic E-state index is 5.05. The lowest BCUT2D eigenvalue weighted by Crippen LogP contribution is -2.03. The van der Waals surface area contributed by atoms with Gasteiger partial charge >= 0.3 is 0 Å². The number of imidazole rings is 1. The summed E-state index contributed by atoms with van der Waals surface area (Å²) < 4.78 is 2.40. The molecule has 0 saturated heterocycles. The number of aromatic nitrogens is 2. The van der Waals surface area contributed by atoms with Crippen LogP contribution in [0.15, 0.2) is 127 Å². The number of benzene rings is 7. The van der Waals surface area contributed by atoms with E-state index in [0.29, 0.717) is 0 Å². The largest absolute Gasteiger partial charge is 0.295 e. The van der Waals surface area contributed by atoms with Crippen LogP contribution in [0.5, 0.6) is 0 Å². The molecule has 2 nitrogen and oxygen atoms in total. The molecule has 0 saturated carbocycles. The van der Waals surface area contributed by atoms with Gasteiger partial charge in [0.05, 0.1) is 16.7 Å². The summed E-state index contributed by atoms with van der Waals surface area (Å²) in [6.07, 6.45) is 0.856. The zero-order chi connectivity index (χ0) is 27.1. The van der Waals surface area contributed by atoms with Crippen molar-refractivity contribution in [1.29, 1.82) is 0 Å². The Bertz CT molecular complexity index is 2270. The topological polar surface area (TPSA) is 17.8 Å². The van der Waals surface area contributed by atoms with Crippen LogP contribution in [0.1, 0.15) is 12.7 Å². The molecule has 2 heteroatoms. The minimum Gasteiger partial charge on any atom is -0.295 e. The Morgan fingerprint density at radius 3 is 1.73 bits per heavy atom. The van der Waals surface area contributed by atoms with E-state index in [0.717, 1.165) is 23.3 Å². The predicted octanol–water partition coefficient (Wildman–Crippen LogP) is 10.4. The summed E-state index contributed by atoms with van der Waals surface area (Å²) in [5, 5.41) is 7.67. The van der Waals surface area contributed by atoms with Crippen molar-refractivity contribution in [3.63, 3.8) is 0 Å². The van der Waals surface area contributed by atoms with Crippen molar-refractivity contribution in [3.8, 4) is 39.1 Å². The Morgan fingerprint density at radius 2 is 1.02 bits per heavy atom. The summed E-state index contributed by atoms with van der Waals surface area (Å²) in [6.45, 7) is 2.20. The Morgan fingerprint density at radius 1 is 0.488 bits per heavy atom. The number of aryl methyl sites for hydroxylation is 1. The summed E-state index contributed by atoms with van der Waals surface area (Å²) >= 11 is 0. The third kappa shape index (κ3) is 2.99. The van der Waals surface area contributed by atoms with E-state index in [2.05, 4.69) is 139 Å². The molecule has 7 aromatic carbocycles. The first-order valence-corrected chi connectivity index (χ1v) is 14.4. The first-order chi connectivity index (χ1) is 20.3. The molecule has 0 N–H and O–H groups in total. The van der Waals surface area contributed by atoms with Crippen LogP contribution in [-0.2, 0) is 6.42 Å². The SMILES string of the molecule is CCc1nc2ccccc2n1-c1c2ccccc2c(-c2ccc3c4c(cccc24)-c2ccccc2-3)c2ccccc12. The smallest absolute Gasteiger partial charge is 0.114 e. The van der Waals surface area contributed by atoms with E-state index in [1.807, 2.05) is 0 Å². The van der Waals surface area contributed by atoms with Gasteiger partial charge in [0.15, 0.2) is 0 Å². The highest BCUT2D eigenvalue weighted by atomic mass is 15.1. The van der Waals surface area contributed by atoms with Crippen molar-refractivity contribution in [2.24, 2.45) is 0 Å². The van der Waals surface area contributed by atoms with E-state index in [1.165, 1.54) is 71.4 Å². The molecule has 1 heterocycles. The monoisotopic (exact) mass is 522 g/mol. The summed E-state index contributed by atoms with van der Waals surface area (Å²) in [6, 6.07) is 46.6. The second-order valence-electron chi connectivity index (χ2n) is 11.0. The normalized spacial score (nSPS) is 12.1. The first-order valence-electron chi connectivity index (χ1n) is 14.4. The molecule has 9 rings (SSSR count). The minimum absolute atomic E-state index is 0.856. The maximum Gasteiger partial charge on any atom is 0.114 e. The van der Waals surface area contributed by atoms with Crippen molar-refractivity contribution in [1.82, 2.24) is 9.55 Å². The van der Waals surface area contributed by atoms with E-state index in [1.54, 1.807) is 0 Å². The molecule has 0 bridgehead atoms. The Kier molecular flexibility index (Phi) is 4.63. The van der Waals surface area contributed by atoms with E-state index in [-0.39, 0.29) is 0 Å². The number of hydrogen-bond acceptors (Lipinski definition) is 1. The van der Waals surface area contributed by atoms with Crippen molar-refractivity contribution >= 4 is 43.4 Å². The van der Waals surface area contributed by atoms with Crippen LogP contribution >= 0.6 is 0 Å². The predicted molar refractivity (Wildman–Crippen MR) is 173 cm³/mol. The van der Waals surface area contributed by atoms with Crippen LogP contribution in [0.25, 0.3) is 82.4 Å². The molecule has 0 aliphatic heterocycles. The Balaban J connectivity index is 1.45. The third-order valence-corrected chi connectivity index (χ3v) is 8.89. The van der Waals surface area contributed by atoms with Gasteiger partial charge in [-0.15, -0.1) is 0 Å².